The number of hydrogen-bond donors (Lipinski definition) is 1. The Balaban J connectivity index is 1.81. The van der Waals surface area contributed by atoms with Gasteiger partial charge in [0.05, 0.1) is 30.1 Å². The zero-order valence-corrected chi connectivity index (χ0v) is 16.1. The summed E-state index contributed by atoms with van der Waals surface area (Å²) in [5.41, 5.74) is 0.865. The lowest BCUT2D eigenvalue weighted by Gasteiger charge is -2.26. The third-order valence-electron chi connectivity index (χ3n) is 4.42. The third-order valence-corrected chi connectivity index (χ3v) is 6.31. The fourth-order valence-corrected chi connectivity index (χ4v) is 4.28. The van der Waals surface area contributed by atoms with Crippen molar-refractivity contribution in [1.29, 1.82) is 0 Å². The van der Waals surface area contributed by atoms with E-state index in [-0.39, 0.29) is 29.4 Å². The number of nitro groups is 1. The van der Waals surface area contributed by atoms with Crippen LogP contribution in [0.2, 0.25) is 0 Å². The quantitative estimate of drug-likeness (QED) is 0.553. The number of ether oxygens (including phenoxy) is 2. The van der Waals surface area contributed by atoms with Crippen molar-refractivity contribution in [2.24, 2.45) is 0 Å². The first-order valence-corrected chi connectivity index (χ1v) is 10.1. The third kappa shape index (κ3) is 4.41. The van der Waals surface area contributed by atoms with E-state index >= 15 is 0 Å². The fraction of sp³-hybridized carbons (Fsp3) is 0.333. The molecule has 0 spiro atoms. The van der Waals surface area contributed by atoms with E-state index in [2.05, 4.69) is 5.32 Å². The van der Waals surface area contributed by atoms with Gasteiger partial charge in [0.2, 0.25) is 10.0 Å². The molecule has 1 aliphatic heterocycles. The molecule has 9 nitrogen and oxygen atoms in total. The highest BCUT2D eigenvalue weighted by atomic mass is 32.2. The van der Waals surface area contributed by atoms with E-state index in [0.29, 0.717) is 25.5 Å². The highest BCUT2D eigenvalue weighted by Gasteiger charge is 2.28. The SMILES string of the molecule is COc1ccc(CNc2ccc(S(=O)(=O)N3CCOCC3)cc2[N+](=O)[O-])cc1. The topological polar surface area (TPSA) is 111 Å². The maximum absolute atomic E-state index is 12.7. The lowest BCUT2D eigenvalue weighted by atomic mass is 10.2. The molecule has 1 N–H and O–H groups in total. The average molecular weight is 407 g/mol. The number of methoxy groups -OCH3 is 1. The van der Waals surface area contributed by atoms with E-state index in [1.165, 1.54) is 16.4 Å². The van der Waals surface area contributed by atoms with Crippen LogP contribution in [0.4, 0.5) is 11.4 Å². The van der Waals surface area contributed by atoms with Gasteiger partial charge in [-0.25, -0.2) is 8.42 Å². The molecule has 1 aliphatic rings. The predicted octanol–water partition coefficient (Wildman–Crippen LogP) is 2.24. The van der Waals surface area contributed by atoms with Crippen molar-refractivity contribution in [2.45, 2.75) is 11.4 Å². The maximum Gasteiger partial charge on any atom is 0.293 e. The highest BCUT2D eigenvalue weighted by molar-refractivity contribution is 7.89. The van der Waals surface area contributed by atoms with Gasteiger partial charge in [-0.3, -0.25) is 10.1 Å². The fourth-order valence-electron chi connectivity index (χ4n) is 2.85. The van der Waals surface area contributed by atoms with E-state index < -0.39 is 14.9 Å². The van der Waals surface area contributed by atoms with Crippen LogP contribution in [-0.4, -0.2) is 51.1 Å². The molecule has 0 radical (unpaired) electrons. The molecule has 0 bridgehead atoms. The summed E-state index contributed by atoms with van der Waals surface area (Å²) in [7, 11) is -2.23. The van der Waals surface area contributed by atoms with Gasteiger partial charge in [-0.05, 0) is 29.8 Å². The Kier molecular flexibility index (Phi) is 6.12. The van der Waals surface area contributed by atoms with Crippen LogP contribution in [-0.2, 0) is 21.3 Å². The number of anilines is 1. The zero-order valence-electron chi connectivity index (χ0n) is 15.3. The van der Waals surface area contributed by atoms with E-state index in [4.69, 9.17) is 9.47 Å². The van der Waals surface area contributed by atoms with Crippen molar-refractivity contribution in [3.05, 3.63) is 58.1 Å². The zero-order chi connectivity index (χ0) is 20.1. The van der Waals surface area contributed by atoms with Crippen molar-refractivity contribution in [1.82, 2.24) is 4.31 Å². The Hall–Kier alpha value is -2.69. The Morgan fingerprint density at radius 2 is 1.86 bits per heavy atom. The average Bonchev–Trinajstić information content (AvgIpc) is 2.73. The number of morpholine rings is 1. The molecule has 10 heteroatoms. The molecule has 0 aliphatic carbocycles. The van der Waals surface area contributed by atoms with Crippen molar-refractivity contribution in [2.75, 3.05) is 38.7 Å². The van der Waals surface area contributed by atoms with Crippen LogP contribution >= 0.6 is 0 Å². The van der Waals surface area contributed by atoms with Crippen LogP contribution in [0, 0.1) is 10.1 Å². The molecule has 2 aromatic rings. The molecule has 1 fully saturated rings. The Morgan fingerprint density at radius 1 is 1.18 bits per heavy atom. The summed E-state index contributed by atoms with van der Waals surface area (Å²) in [6, 6.07) is 11.2. The molecule has 1 saturated heterocycles. The van der Waals surface area contributed by atoms with Gasteiger partial charge in [0.1, 0.15) is 11.4 Å². The van der Waals surface area contributed by atoms with Gasteiger partial charge in [0.15, 0.2) is 0 Å². The minimum atomic E-state index is -3.80. The maximum atomic E-state index is 12.7. The summed E-state index contributed by atoms with van der Waals surface area (Å²) in [5, 5.41) is 14.5. The molecule has 0 saturated carbocycles. The van der Waals surface area contributed by atoms with E-state index in [1.54, 1.807) is 19.2 Å². The van der Waals surface area contributed by atoms with Gasteiger partial charge in [0.25, 0.3) is 5.69 Å². The molecule has 0 aromatic heterocycles. The van der Waals surface area contributed by atoms with Crippen LogP contribution in [0.25, 0.3) is 0 Å². The molecule has 150 valence electrons. The smallest absolute Gasteiger partial charge is 0.293 e. The second kappa shape index (κ2) is 8.55. The monoisotopic (exact) mass is 407 g/mol. The lowest BCUT2D eigenvalue weighted by molar-refractivity contribution is -0.384. The molecule has 0 atom stereocenters. The number of nitrogens with zero attached hydrogens (tertiary/aromatic N) is 2. The van der Waals surface area contributed by atoms with Crippen molar-refractivity contribution in [3.63, 3.8) is 0 Å². The van der Waals surface area contributed by atoms with Gasteiger partial charge in [0, 0.05) is 25.7 Å². The standard InChI is InChI=1S/C18H21N3O6S/c1-26-15-4-2-14(3-5-15)13-19-17-7-6-16(12-18(17)21(22)23)28(24,25)20-8-10-27-11-9-20/h2-7,12,19H,8-11,13H2,1H3. The predicted molar refractivity (Wildman–Crippen MR) is 103 cm³/mol. The molecule has 0 unspecified atom stereocenters. The summed E-state index contributed by atoms with van der Waals surface area (Å²) >= 11 is 0. The van der Waals surface area contributed by atoms with Crippen LogP contribution in [0.15, 0.2) is 47.4 Å². The van der Waals surface area contributed by atoms with Crippen LogP contribution in [0.3, 0.4) is 0 Å². The normalized spacial score (nSPS) is 15.2. The number of hydrogen-bond acceptors (Lipinski definition) is 7. The Morgan fingerprint density at radius 3 is 2.46 bits per heavy atom. The molecule has 1 heterocycles. The second-order valence-corrected chi connectivity index (χ2v) is 8.09. The Labute approximate surface area is 163 Å². The Bertz CT molecular complexity index is 940. The van der Waals surface area contributed by atoms with E-state index in [1.807, 2.05) is 12.1 Å². The summed E-state index contributed by atoms with van der Waals surface area (Å²) in [6.07, 6.45) is 0. The number of rotatable bonds is 7. The first-order valence-electron chi connectivity index (χ1n) is 8.65. The van der Waals surface area contributed by atoms with Crippen LogP contribution < -0.4 is 10.1 Å². The summed E-state index contributed by atoms with van der Waals surface area (Å²) < 4.78 is 37.0. The molecule has 2 aromatic carbocycles. The minimum Gasteiger partial charge on any atom is -0.497 e. The van der Waals surface area contributed by atoms with E-state index in [9.17, 15) is 18.5 Å². The molecular formula is C18H21N3O6S. The lowest BCUT2D eigenvalue weighted by Crippen LogP contribution is -2.40. The van der Waals surface area contributed by atoms with Gasteiger partial charge >= 0.3 is 0 Å². The van der Waals surface area contributed by atoms with Gasteiger partial charge in [-0.1, -0.05) is 12.1 Å². The van der Waals surface area contributed by atoms with Crippen LogP contribution in [0.1, 0.15) is 5.56 Å². The van der Waals surface area contributed by atoms with Crippen LogP contribution in [0.5, 0.6) is 5.75 Å². The minimum absolute atomic E-state index is 0.101. The summed E-state index contributed by atoms with van der Waals surface area (Å²) in [5.74, 6) is 0.715. The summed E-state index contributed by atoms with van der Waals surface area (Å²) in [6.45, 7) is 1.42. The first-order chi connectivity index (χ1) is 13.4. The largest absolute Gasteiger partial charge is 0.497 e. The number of nitro benzene ring substituents is 1. The molecular weight excluding hydrogens is 386 g/mol. The molecule has 3 rings (SSSR count). The summed E-state index contributed by atoms with van der Waals surface area (Å²) in [4.78, 5) is 10.8. The van der Waals surface area contributed by atoms with Gasteiger partial charge < -0.3 is 14.8 Å². The van der Waals surface area contributed by atoms with Crippen molar-refractivity contribution in [3.8, 4) is 5.75 Å². The number of sulfonamides is 1. The first kappa shape index (κ1) is 20.1. The number of benzene rings is 2. The van der Waals surface area contributed by atoms with Gasteiger partial charge in [-0.2, -0.15) is 4.31 Å². The number of nitrogens with one attached hydrogen (secondary N) is 1. The van der Waals surface area contributed by atoms with Crippen molar-refractivity contribution < 1.29 is 22.8 Å². The molecule has 28 heavy (non-hydrogen) atoms. The van der Waals surface area contributed by atoms with Gasteiger partial charge in [-0.15, -0.1) is 0 Å². The van der Waals surface area contributed by atoms with E-state index in [0.717, 1.165) is 11.6 Å². The second-order valence-electron chi connectivity index (χ2n) is 6.15. The molecule has 0 amide bonds. The highest BCUT2D eigenvalue weighted by Crippen LogP contribution is 2.29. The van der Waals surface area contributed by atoms with Crippen molar-refractivity contribution >= 4 is 21.4 Å².